The predicted molar refractivity (Wildman–Crippen MR) is 297 cm³/mol. The monoisotopic (exact) mass is 1020 g/mol. The molecule has 0 saturated carbocycles. The van der Waals surface area contributed by atoms with Gasteiger partial charge >= 0.3 is 5.97 Å². The Morgan fingerprint density at radius 2 is 0.917 bits per heavy atom. The molecule has 8 unspecified atom stereocenters. The Bertz CT molecular complexity index is 1270. The second kappa shape index (κ2) is 50.0. The molecule has 0 bridgehead atoms. The Kier molecular flexibility index (Phi) is 47.3. The van der Waals surface area contributed by atoms with Gasteiger partial charge in [0.1, 0.15) is 24.4 Å². The van der Waals surface area contributed by atoms with Crippen molar-refractivity contribution in [3.63, 3.8) is 0 Å². The van der Waals surface area contributed by atoms with Crippen LogP contribution < -0.4 is 5.32 Å². The van der Waals surface area contributed by atoms with Crippen LogP contribution in [0.25, 0.3) is 0 Å². The zero-order chi connectivity index (χ0) is 52.5. The number of nitrogens with one attached hydrogen (secondary N) is 1. The van der Waals surface area contributed by atoms with Crippen molar-refractivity contribution in [1.82, 2.24) is 5.32 Å². The SMILES string of the molecule is CCCCCCCC/C=C/CCCCCCCCCCC(O)C(=O)NC(COC1OC(CO)C(O)C(O)C1OC(=O)CCCCCCCCCCCCCCCC)C(O)/C=C/CCCCCCCCCCC. The summed E-state index contributed by atoms with van der Waals surface area (Å²) in [6.45, 7) is 5.79. The van der Waals surface area contributed by atoms with Gasteiger partial charge in [0.05, 0.1) is 25.4 Å². The van der Waals surface area contributed by atoms with Gasteiger partial charge in [-0.15, -0.1) is 0 Å². The number of carbonyl (C=O) groups is 2. The number of allylic oxidation sites excluding steroid dienone is 3. The second-order valence-electron chi connectivity index (χ2n) is 21.4. The lowest BCUT2D eigenvalue weighted by molar-refractivity contribution is -0.305. The molecule has 0 radical (unpaired) electrons. The quantitative estimate of drug-likeness (QED) is 0.0195. The fraction of sp³-hybridized carbons (Fsp3) is 0.902. The van der Waals surface area contributed by atoms with Crippen LogP contribution >= 0.6 is 0 Å². The number of hydrogen-bond donors (Lipinski definition) is 6. The molecule has 1 aliphatic rings. The van der Waals surface area contributed by atoms with Crippen molar-refractivity contribution in [1.29, 1.82) is 0 Å². The molecule has 424 valence electrons. The molecule has 0 aliphatic carbocycles. The zero-order valence-corrected chi connectivity index (χ0v) is 46.8. The normalized spacial score (nSPS) is 19.6. The molecule has 0 aromatic heterocycles. The van der Waals surface area contributed by atoms with Crippen LogP contribution in [0.3, 0.4) is 0 Å². The third-order valence-corrected chi connectivity index (χ3v) is 14.6. The second-order valence-corrected chi connectivity index (χ2v) is 21.4. The van der Waals surface area contributed by atoms with Crippen LogP contribution in [0.1, 0.15) is 290 Å². The molecule has 8 atom stereocenters. The summed E-state index contributed by atoms with van der Waals surface area (Å²) in [6.07, 6.45) is 46.5. The largest absolute Gasteiger partial charge is 0.454 e. The van der Waals surface area contributed by atoms with E-state index in [1.165, 1.54) is 180 Å². The third-order valence-electron chi connectivity index (χ3n) is 14.6. The number of esters is 1. The van der Waals surface area contributed by atoms with E-state index in [1.807, 2.05) is 6.08 Å². The van der Waals surface area contributed by atoms with Crippen molar-refractivity contribution in [2.24, 2.45) is 0 Å². The summed E-state index contributed by atoms with van der Waals surface area (Å²) in [5.41, 5.74) is 0. The van der Waals surface area contributed by atoms with Gasteiger partial charge < -0.3 is 45.1 Å². The van der Waals surface area contributed by atoms with E-state index in [0.717, 1.165) is 64.2 Å². The molecule has 6 N–H and O–H groups in total. The Balaban J connectivity index is 2.67. The van der Waals surface area contributed by atoms with Gasteiger partial charge in [-0.3, -0.25) is 9.59 Å². The Labute approximate surface area is 441 Å². The molecule has 1 amide bonds. The van der Waals surface area contributed by atoms with E-state index < -0.39 is 67.4 Å². The van der Waals surface area contributed by atoms with Crippen LogP contribution in [0.5, 0.6) is 0 Å². The molecule has 0 spiro atoms. The van der Waals surface area contributed by atoms with Crippen LogP contribution in [0.15, 0.2) is 24.3 Å². The van der Waals surface area contributed by atoms with Crippen molar-refractivity contribution in [2.45, 2.75) is 339 Å². The van der Waals surface area contributed by atoms with Crippen LogP contribution in [-0.2, 0) is 23.8 Å². The van der Waals surface area contributed by atoms with Gasteiger partial charge in [0.25, 0.3) is 0 Å². The third kappa shape index (κ3) is 37.8. The molecule has 1 aliphatic heterocycles. The summed E-state index contributed by atoms with van der Waals surface area (Å²) in [5, 5.41) is 56.9. The lowest BCUT2D eigenvalue weighted by Gasteiger charge is -2.41. The van der Waals surface area contributed by atoms with E-state index in [4.69, 9.17) is 14.2 Å². The number of rotatable bonds is 52. The zero-order valence-electron chi connectivity index (χ0n) is 46.8. The predicted octanol–water partition coefficient (Wildman–Crippen LogP) is 14.1. The van der Waals surface area contributed by atoms with E-state index in [1.54, 1.807) is 6.08 Å². The number of carbonyl (C=O) groups excluding carboxylic acids is 2. The number of amides is 1. The lowest BCUT2D eigenvalue weighted by atomic mass is 9.99. The first-order valence-electron chi connectivity index (χ1n) is 30.6. The van der Waals surface area contributed by atoms with Gasteiger partial charge in [0, 0.05) is 6.42 Å². The minimum absolute atomic E-state index is 0.129. The minimum atomic E-state index is -1.61. The van der Waals surface area contributed by atoms with Gasteiger partial charge in [-0.05, 0) is 51.4 Å². The summed E-state index contributed by atoms with van der Waals surface area (Å²) in [5.74, 6) is -1.19. The van der Waals surface area contributed by atoms with Crippen molar-refractivity contribution >= 4 is 11.9 Å². The highest BCUT2D eigenvalue weighted by Gasteiger charge is 2.47. The standard InChI is InChI=1S/C61H115NO10/c1-4-7-10-13-16-19-22-24-26-27-28-29-30-33-36-39-42-45-48-54(65)60(69)62-52(53(64)47-44-41-38-35-32-21-18-15-12-9-6-3)51-70-61-59(58(68)57(67)55(50-63)71-61)72-56(66)49-46-43-40-37-34-31-25-23-20-17-14-11-8-5-2/h24,26,44,47,52-55,57-59,61,63-65,67-68H,4-23,25,27-43,45-46,48-51H2,1-3H3,(H,62,69)/b26-24+,47-44+. The smallest absolute Gasteiger partial charge is 0.306 e. The van der Waals surface area contributed by atoms with E-state index in [-0.39, 0.29) is 13.0 Å². The molecule has 1 fully saturated rings. The van der Waals surface area contributed by atoms with Gasteiger partial charge in [-0.25, -0.2) is 0 Å². The van der Waals surface area contributed by atoms with Crippen molar-refractivity contribution < 1.29 is 49.3 Å². The fourth-order valence-electron chi connectivity index (χ4n) is 9.71. The molecule has 0 aromatic carbocycles. The van der Waals surface area contributed by atoms with Gasteiger partial charge in [0.15, 0.2) is 12.4 Å². The summed E-state index contributed by atoms with van der Waals surface area (Å²) in [6, 6.07) is -1.02. The van der Waals surface area contributed by atoms with E-state index in [2.05, 4.69) is 38.2 Å². The van der Waals surface area contributed by atoms with Crippen molar-refractivity contribution in [2.75, 3.05) is 13.2 Å². The van der Waals surface area contributed by atoms with E-state index in [0.29, 0.717) is 19.3 Å². The number of aliphatic hydroxyl groups is 5. The highest BCUT2D eigenvalue weighted by Crippen LogP contribution is 2.26. The van der Waals surface area contributed by atoms with Crippen LogP contribution in [0.4, 0.5) is 0 Å². The first-order valence-corrected chi connectivity index (χ1v) is 30.6. The molecule has 1 heterocycles. The van der Waals surface area contributed by atoms with Crippen molar-refractivity contribution in [3.05, 3.63) is 24.3 Å². The number of aliphatic hydroxyl groups excluding tert-OH is 5. The maximum Gasteiger partial charge on any atom is 0.306 e. The molecular weight excluding hydrogens is 907 g/mol. The van der Waals surface area contributed by atoms with E-state index >= 15 is 0 Å². The van der Waals surface area contributed by atoms with Crippen LogP contribution in [0, 0.1) is 0 Å². The van der Waals surface area contributed by atoms with E-state index in [9.17, 15) is 35.1 Å². The van der Waals surface area contributed by atoms with Crippen LogP contribution in [-0.4, -0.2) is 99.6 Å². The average Bonchev–Trinajstić information content (AvgIpc) is 3.38. The fourth-order valence-corrected chi connectivity index (χ4v) is 9.71. The summed E-state index contributed by atoms with van der Waals surface area (Å²) >= 11 is 0. The summed E-state index contributed by atoms with van der Waals surface area (Å²) in [4.78, 5) is 26.5. The minimum Gasteiger partial charge on any atom is -0.454 e. The average molecular weight is 1020 g/mol. The summed E-state index contributed by atoms with van der Waals surface area (Å²) in [7, 11) is 0. The molecular formula is C61H115NO10. The topological polar surface area (TPSA) is 175 Å². The first-order chi connectivity index (χ1) is 35.2. The molecule has 0 aromatic rings. The first kappa shape index (κ1) is 68.2. The maximum absolute atomic E-state index is 13.4. The molecule has 1 saturated heterocycles. The number of hydrogen-bond acceptors (Lipinski definition) is 10. The lowest BCUT2D eigenvalue weighted by Crippen LogP contribution is -2.61. The maximum atomic E-state index is 13.4. The number of unbranched alkanes of at least 4 members (excludes halogenated alkanes) is 36. The van der Waals surface area contributed by atoms with Gasteiger partial charge in [0.2, 0.25) is 5.91 Å². The van der Waals surface area contributed by atoms with Gasteiger partial charge in [-0.2, -0.15) is 0 Å². The molecule has 72 heavy (non-hydrogen) atoms. The highest BCUT2D eigenvalue weighted by atomic mass is 16.7. The molecule has 1 rings (SSSR count). The highest BCUT2D eigenvalue weighted by molar-refractivity contribution is 5.80. The van der Waals surface area contributed by atoms with Gasteiger partial charge in [-0.1, -0.05) is 257 Å². The van der Waals surface area contributed by atoms with Crippen molar-refractivity contribution in [3.8, 4) is 0 Å². The number of ether oxygens (including phenoxy) is 3. The molecule has 11 heteroatoms. The summed E-state index contributed by atoms with van der Waals surface area (Å²) < 4.78 is 17.6. The molecule has 11 nitrogen and oxygen atoms in total. The van der Waals surface area contributed by atoms with Crippen LogP contribution in [0.2, 0.25) is 0 Å². The Morgan fingerprint density at radius 3 is 1.35 bits per heavy atom. The Hall–Kier alpha value is -1.86. The Morgan fingerprint density at radius 1 is 0.528 bits per heavy atom.